The van der Waals surface area contributed by atoms with Gasteiger partial charge in [-0.3, -0.25) is 19.2 Å². The number of hydrogen-bond donors (Lipinski definition) is 1. The van der Waals surface area contributed by atoms with Gasteiger partial charge in [0.1, 0.15) is 17.7 Å². The molecule has 8 atom stereocenters. The smallest absolute Gasteiger partial charge is 0.313 e. The molecular formula is C37H53N3O7. The Kier molecular flexibility index (Phi) is 11.1. The average molecular weight is 652 g/mol. The fraction of sp³-hybridized carbons (Fsp3) is 0.622. The Balaban J connectivity index is 1.74. The lowest BCUT2D eigenvalue weighted by atomic mass is 9.70. The maximum atomic E-state index is 14.6. The van der Waals surface area contributed by atoms with Crippen molar-refractivity contribution in [3.8, 4) is 0 Å². The number of amides is 3. The largest absolute Gasteiger partial charge is 0.455 e. The number of rotatable bonds is 14. The van der Waals surface area contributed by atoms with Gasteiger partial charge in [-0.1, -0.05) is 56.3 Å². The Hall–Kier alpha value is -3.50. The van der Waals surface area contributed by atoms with Crippen molar-refractivity contribution in [2.24, 2.45) is 17.8 Å². The van der Waals surface area contributed by atoms with Crippen LogP contribution in [0.2, 0.25) is 0 Å². The first-order chi connectivity index (χ1) is 22.2. The molecule has 3 aliphatic rings. The number of likely N-dealkylation sites (tertiary alicyclic amines) is 1. The highest BCUT2D eigenvalue weighted by molar-refractivity contribution is 5.98. The number of allylic oxidation sites excluding steroid dienone is 1. The van der Waals surface area contributed by atoms with Gasteiger partial charge in [0, 0.05) is 25.6 Å². The highest BCUT2D eigenvalue weighted by Gasteiger charge is 2.76. The number of nitrogens with zero attached hydrogens (tertiary/aromatic N) is 3. The third-order valence-corrected chi connectivity index (χ3v) is 10.3. The van der Waals surface area contributed by atoms with E-state index in [-0.39, 0.29) is 43.2 Å². The van der Waals surface area contributed by atoms with Crippen molar-refractivity contribution < 1.29 is 33.8 Å². The van der Waals surface area contributed by atoms with E-state index in [1.807, 2.05) is 71.9 Å². The van der Waals surface area contributed by atoms with E-state index in [0.717, 1.165) is 0 Å². The SMILES string of the molecule is C=CCCC(=O)N(C)[C@@H](C)[C@@H](OC(=O)[C@@H]1[C@@H]2CC[C@]3(O2)[C@H](C(=O)N(CC=C)C(C)(C)C)N([C@@H](CO)C(C)C)C(=O)[C@@H]13)c1ccccc1. The van der Waals surface area contributed by atoms with Gasteiger partial charge in [-0.05, 0) is 58.4 Å². The van der Waals surface area contributed by atoms with E-state index in [1.54, 1.807) is 29.0 Å². The third-order valence-electron chi connectivity index (χ3n) is 10.3. The Morgan fingerprint density at radius 2 is 1.81 bits per heavy atom. The number of carbonyl (C=O) groups is 4. The lowest BCUT2D eigenvalue weighted by Gasteiger charge is -2.44. The van der Waals surface area contributed by atoms with Gasteiger partial charge in [0.2, 0.25) is 17.7 Å². The van der Waals surface area contributed by atoms with Crippen LogP contribution in [0, 0.1) is 17.8 Å². The number of hydrogen-bond acceptors (Lipinski definition) is 7. The summed E-state index contributed by atoms with van der Waals surface area (Å²) in [5.74, 6) is -3.46. The topological polar surface area (TPSA) is 117 Å². The van der Waals surface area contributed by atoms with Gasteiger partial charge in [-0.15, -0.1) is 13.2 Å². The normalized spacial score (nSPS) is 26.8. The molecule has 0 aromatic heterocycles. The molecule has 3 fully saturated rings. The van der Waals surface area contributed by atoms with Crippen LogP contribution >= 0.6 is 0 Å². The van der Waals surface area contributed by atoms with Crippen molar-refractivity contribution in [1.82, 2.24) is 14.7 Å². The minimum absolute atomic E-state index is 0.105. The molecule has 4 rings (SSSR count). The average Bonchev–Trinajstić information content (AvgIpc) is 3.68. The predicted octanol–water partition coefficient (Wildman–Crippen LogP) is 4.29. The second kappa shape index (κ2) is 14.3. The van der Waals surface area contributed by atoms with E-state index in [0.29, 0.717) is 24.8 Å². The van der Waals surface area contributed by atoms with Crippen LogP contribution < -0.4 is 0 Å². The number of carbonyl (C=O) groups excluding carboxylic acids is 4. The highest BCUT2D eigenvalue weighted by Crippen LogP contribution is 2.59. The lowest BCUT2D eigenvalue weighted by Crippen LogP contribution is -2.62. The first-order valence-corrected chi connectivity index (χ1v) is 16.8. The maximum absolute atomic E-state index is 14.6. The zero-order valence-electron chi connectivity index (χ0n) is 29.1. The Morgan fingerprint density at radius 3 is 2.36 bits per heavy atom. The van der Waals surface area contributed by atoms with E-state index in [9.17, 15) is 24.3 Å². The van der Waals surface area contributed by atoms with Crippen LogP contribution in [0.15, 0.2) is 55.6 Å². The van der Waals surface area contributed by atoms with E-state index in [1.165, 1.54) is 4.90 Å². The molecule has 0 unspecified atom stereocenters. The summed E-state index contributed by atoms with van der Waals surface area (Å²) in [4.78, 5) is 61.3. The first-order valence-electron chi connectivity index (χ1n) is 16.8. The predicted molar refractivity (Wildman–Crippen MR) is 179 cm³/mol. The summed E-state index contributed by atoms with van der Waals surface area (Å²) in [6.45, 7) is 18.9. The number of aliphatic hydroxyl groups is 1. The molecule has 10 nitrogen and oxygen atoms in total. The van der Waals surface area contributed by atoms with Crippen LogP contribution in [0.4, 0.5) is 0 Å². The Bertz CT molecular complexity index is 1340. The lowest BCUT2D eigenvalue weighted by molar-refractivity contribution is -0.165. The summed E-state index contributed by atoms with van der Waals surface area (Å²) in [5, 5.41) is 10.5. The molecule has 47 heavy (non-hydrogen) atoms. The third kappa shape index (κ3) is 6.64. The fourth-order valence-corrected chi connectivity index (χ4v) is 7.71. The zero-order chi connectivity index (χ0) is 34.8. The number of ether oxygens (including phenoxy) is 2. The number of benzene rings is 1. The molecule has 0 radical (unpaired) electrons. The van der Waals surface area contributed by atoms with E-state index < -0.39 is 59.3 Å². The van der Waals surface area contributed by atoms with E-state index >= 15 is 0 Å². The minimum Gasteiger partial charge on any atom is -0.455 e. The molecule has 3 saturated heterocycles. The molecule has 3 amide bonds. The van der Waals surface area contributed by atoms with Gasteiger partial charge in [-0.2, -0.15) is 0 Å². The quantitative estimate of drug-likeness (QED) is 0.236. The summed E-state index contributed by atoms with van der Waals surface area (Å²) in [6, 6.07) is 7.05. The highest BCUT2D eigenvalue weighted by atomic mass is 16.6. The summed E-state index contributed by atoms with van der Waals surface area (Å²) < 4.78 is 13.0. The van der Waals surface area contributed by atoms with Crippen molar-refractivity contribution in [2.75, 3.05) is 20.2 Å². The standard InChI is InChI=1S/C37H53N3O7/c1-10-12-18-28(42)38(9)24(5)31(25-16-14-13-15-17-25)46-35(45)29-27-19-20-37(47-27)30(29)33(43)40(26(22-41)23(3)4)32(37)34(44)39(21-11-2)36(6,7)8/h10-11,13-17,23-24,26-27,29-32,41H,1-2,12,18-22H2,3-9H3/t24-,26-,27-,29+,30+,31+,32-,37+/m0/s1. The van der Waals surface area contributed by atoms with Gasteiger partial charge < -0.3 is 29.3 Å². The van der Waals surface area contributed by atoms with Crippen LogP contribution in [-0.4, -0.2) is 99.1 Å². The summed E-state index contributed by atoms with van der Waals surface area (Å²) in [5.41, 5.74) is -1.13. The van der Waals surface area contributed by atoms with Gasteiger partial charge in [0.25, 0.3) is 0 Å². The minimum atomic E-state index is -1.25. The number of aliphatic hydroxyl groups excluding tert-OH is 1. The maximum Gasteiger partial charge on any atom is 0.313 e. The molecule has 1 N–H and O–H groups in total. The summed E-state index contributed by atoms with van der Waals surface area (Å²) in [7, 11) is 1.69. The molecule has 258 valence electrons. The molecule has 1 aromatic carbocycles. The van der Waals surface area contributed by atoms with Crippen molar-refractivity contribution in [3.05, 3.63) is 61.2 Å². The van der Waals surface area contributed by atoms with Gasteiger partial charge in [-0.25, -0.2) is 0 Å². The zero-order valence-corrected chi connectivity index (χ0v) is 29.1. The van der Waals surface area contributed by atoms with Crippen LogP contribution in [0.1, 0.15) is 78.9 Å². The number of likely N-dealkylation sites (N-methyl/N-ethyl adjacent to an activating group) is 1. The van der Waals surface area contributed by atoms with Crippen LogP contribution in [0.5, 0.6) is 0 Å². The second-order valence-electron chi connectivity index (χ2n) is 14.5. The van der Waals surface area contributed by atoms with E-state index in [2.05, 4.69) is 13.2 Å². The first kappa shape index (κ1) is 36.3. The molecule has 10 heteroatoms. The van der Waals surface area contributed by atoms with Crippen molar-refractivity contribution in [3.63, 3.8) is 0 Å². The molecule has 3 heterocycles. The number of fused-ring (bicyclic) bond motifs is 1. The molecule has 1 spiro atoms. The van der Waals surface area contributed by atoms with Crippen molar-refractivity contribution >= 4 is 23.7 Å². The second-order valence-corrected chi connectivity index (χ2v) is 14.5. The van der Waals surface area contributed by atoms with Crippen LogP contribution in [0.3, 0.4) is 0 Å². The van der Waals surface area contributed by atoms with Crippen LogP contribution in [-0.2, 0) is 28.7 Å². The molecular weight excluding hydrogens is 598 g/mol. The Labute approximate surface area is 279 Å². The van der Waals surface area contributed by atoms with Gasteiger partial charge in [0.15, 0.2) is 0 Å². The van der Waals surface area contributed by atoms with Gasteiger partial charge >= 0.3 is 5.97 Å². The number of esters is 1. The molecule has 1 aromatic rings. The molecule has 0 saturated carbocycles. The molecule has 2 bridgehead atoms. The molecule has 3 aliphatic heterocycles. The Morgan fingerprint density at radius 1 is 1.15 bits per heavy atom. The molecule has 0 aliphatic carbocycles. The summed E-state index contributed by atoms with van der Waals surface area (Å²) >= 11 is 0. The summed E-state index contributed by atoms with van der Waals surface area (Å²) in [6.07, 6.45) is 3.63. The van der Waals surface area contributed by atoms with Gasteiger partial charge in [0.05, 0.1) is 36.6 Å². The monoisotopic (exact) mass is 651 g/mol. The van der Waals surface area contributed by atoms with Crippen molar-refractivity contribution in [2.45, 2.75) is 109 Å². The van der Waals surface area contributed by atoms with Crippen molar-refractivity contribution in [1.29, 1.82) is 0 Å². The van der Waals surface area contributed by atoms with Crippen LogP contribution in [0.25, 0.3) is 0 Å². The van der Waals surface area contributed by atoms with E-state index in [4.69, 9.17) is 9.47 Å². The fourth-order valence-electron chi connectivity index (χ4n) is 7.71.